The van der Waals surface area contributed by atoms with Gasteiger partial charge in [0.05, 0.1) is 0 Å². The second-order valence-corrected chi connectivity index (χ2v) is 20.2. The Morgan fingerprint density at radius 3 is 0.816 bits per heavy atom. The second kappa shape index (κ2) is 63.1. The lowest BCUT2D eigenvalue weighted by Gasteiger charge is -2.18. The minimum absolute atomic E-state index is 0.0915. The van der Waals surface area contributed by atoms with Gasteiger partial charge in [-0.15, -0.1) is 0 Å². The molecule has 0 amide bonds. The van der Waals surface area contributed by atoms with E-state index < -0.39 is 6.10 Å². The van der Waals surface area contributed by atoms with Gasteiger partial charge >= 0.3 is 17.9 Å². The number of carbonyl (C=O) groups excluding carboxylic acids is 3. The van der Waals surface area contributed by atoms with Crippen LogP contribution < -0.4 is 0 Å². The van der Waals surface area contributed by atoms with Crippen molar-refractivity contribution in [2.45, 2.75) is 277 Å². The van der Waals surface area contributed by atoms with E-state index in [9.17, 15) is 14.4 Å². The Labute approximate surface area is 468 Å². The molecule has 0 N–H and O–H groups in total. The molecule has 0 saturated carbocycles. The number of esters is 3. The Morgan fingerprint density at radius 1 is 0.276 bits per heavy atom. The molecule has 0 aliphatic heterocycles. The maximum Gasteiger partial charge on any atom is 0.306 e. The summed E-state index contributed by atoms with van der Waals surface area (Å²) in [7, 11) is 0. The first-order valence-corrected chi connectivity index (χ1v) is 31.2. The number of rotatable bonds is 55. The van der Waals surface area contributed by atoms with Crippen LogP contribution in [0.4, 0.5) is 0 Å². The van der Waals surface area contributed by atoms with Crippen LogP contribution in [0, 0.1) is 0 Å². The second-order valence-electron chi connectivity index (χ2n) is 20.2. The van der Waals surface area contributed by atoms with E-state index >= 15 is 0 Å². The van der Waals surface area contributed by atoms with E-state index in [2.05, 4.69) is 154 Å². The van der Waals surface area contributed by atoms with E-state index in [4.69, 9.17) is 14.2 Å². The lowest BCUT2D eigenvalue weighted by Crippen LogP contribution is -2.30. The highest BCUT2D eigenvalue weighted by molar-refractivity contribution is 5.71. The quantitative estimate of drug-likeness (QED) is 0.0261. The molecular weight excluding hydrogens is 937 g/mol. The molecule has 0 aromatic carbocycles. The zero-order chi connectivity index (χ0) is 55.0. The molecule has 1 unspecified atom stereocenters. The van der Waals surface area contributed by atoms with Gasteiger partial charge in [0.25, 0.3) is 0 Å². The average molecular weight is 1050 g/mol. The summed E-state index contributed by atoms with van der Waals surface area (Å²) in [5.74, 6) is -0.932. The van der Waals surface area contributed by atoms with Gasteiger partial charge in [0.2, 0.25) is 0 Å². The Morgan fingerprint density at radius 2 is 0.513 bits per heavy atom. The van der Waals surface area contributed by atoms with Crippen LogP contribution in [0.3, 0.4) is 0 Å². The number of hydrogen-bond acceptors (Lipinski definition) is 6. The van der Waals surface area contributed by atoms with Crippen LogP contribution >= 0.6 is 0 Å². The monoisotopic (exact) mass is 1050 g/mol. The molecule has 0 aliphatic carbocycles. The van der Waals surface area contributed by atoms with Crippen LogP contribution in [-0.4, -0.2) is 37.2 Å². The predicted octanol–water partition coefficient (Wildman–Crippen LogP) is 21.4. The highest BCUT2D eigenvalue weighted by Crippen LogP contribution is 2.15. The summed E-state index contributed by atoms with van der Waals surface area (Å²) in [5.41, 5.74) is 0. The molecule has 0 heterocycles. The molecule has 0 fully saturated rings. The Kier molecular flexibility index (Phi) is 59.4. The number of unbranched alkanes of at least 4 members (excludes halogenated alkanes) is 22. The average Bonchev–Trinajstić information content (AvgIpc) is 3.42. The predicted molar refractivity (Wildman–Crippen MR) is 329 cm³/mol. The van der Waals surface area contributed by atoms with E-state index in [1.54, 1.807) is 0 Å². The zero-order valence-electron chi connectivity index (χ0n) is 49.2. The van der Waals surface area contributed by atoms with E-state index in [1.165, 1.54) is 96.3 Å². The van der Waals surface area contributed by atoms with Gasteiger partial charge in [-0.05, 0) is 116 Å². The molecule has 0 radical (unpaired) electrons. The first kappa shape index (κ1) is 71.5. The first-order chi connectivity index (χ1) is 37.5. The van der Waals surface area contributed by atoms with Crippen molar-refractivity contribution >= 4 is 17.9 Å². The van der Waals surface area contributed by atoms with Crippen molar-refractivity contribution in [1.29, 1.82) is 0 Å². The lowest BCUT2D eigenvalue weighted by atomic mass is 10.0. The molecular formula is C70H114O6. The third-order valence-electron chi connectivity index (χ3n) is 12.9. The highest BCUT2D eigenvalue weighted by Gasteiger charge is 2.19. The third kappa shape index (κ3) is 60.4. The van der Waals surface area contributed by atoms with Crippen LogP contribution in [-0.2, 0) is 28.6 Å². The van der Waals surface area contributed by atoms with Gasteiger partial charge in [0.15, 0.2) is 6.10 Å². The SMILES string of the molecule is CC/C=C\C/C=C\C/C=C\C/C=C\C/C=C\C/C=C\C/C=C\CCCCCC(=O)OCC(COC(=O)CCCCCCCCCC)OC(=O)CCCCCCCCCCCCCC/C=C\C/C=C\C/C=C\C/C=C\CC. The minimum Gasteiger partial charge on any atom is -0.462 e. The van der Waals surface area contributed by atoms with Crippen LogP contribution in [0.25, 0.3) is 0 Å². The van der Waals surface area contributed by atoms with Gasteiger partial charge in [0.1, 0.15) is 13.2 Å². The Bertz CT molecular complexity index is 1630. The van der Waals surface area contributed by atoms with E-state index in [0.717, 1.165) is 135 Å². The molecule has 0 rings (SSSR count). The first-order valence-electron chi connectivity index (χ1n) is 31.2. The molecule has 76 heavy (non-hydrogen) atoms. The third-order valence-corrected chi connectivity index (χ3v) is 12.9. The van der Waals surface area contributed by atoms with E-state index in [0.29, 0.717) is 19.3 Å². The fourth-order valence-corrected chi connectivity index (χ4v) is 8.30. The summed E-state index contributed by atoms with van der Waals surface area (Å²) in [4.78, 5) is 38.1. The van der Waals surface area contributed by atoms with Crippen molar-refractivity contribution < 1.29 is 28.6 Å². The Balaban J connectivity index is 4.29. The van der Waals surface area contributed by atoms with E-state index in [-0.39, 0.29) is 31.1 Å². The smallest absolute Gasteiger partial charge is 0.306 e. The largest absolute Gasteiger partial charge is 0.462 e. The summed E-state index contributed by atoms with van der Waals surface area (Å²) in [6.45, 7) is 6.36. The van der Waals surface area contributed by atoms with Crippen molar-refractivity contribution in [3.05, 3.63) is 134 Å². The number of ether oxygens (including phenoxy) is 3. The number of carbonyl (C=O) groups is 3. The fourth-order valence-electron chi connectivity index (χ4n) is 8.30. The standard InChI is InChI=1S/C70H114O6/c1-4-7-10-13-16-19-21-23-25-27-29-31-33-35-37-39-41-43-45-47-49-51-54-57-60-63-69(72)75-66-67(65-74-68(71)62-59-56-53-18-15-12-9-6-3)76-70(73)64-61-58-55-52-50-48-46-44-42-40-38-36-34-32-30-28-26-24-22-20-17-14-11-8-5-2/h7-8,10-11,16-17,19-20,23-26,29-32,35,37,41,43,47,49,67H,4-6,9,12-15,18,21-22,27-28,33-34,36,38-40,42,44-46,48,50-66H2,1-3H3/b10-7-,11-8-,19-16-,20-17-,25-23-,26-24-,31-29-,32-30-,37-35-,43-41-,49-47-. The van der Waals surface area contributed by atoms with Crippen molar-refractivity contribution in [2.24, 2.45) is 0 Å². The lowest BCUT2D eigenvalue weighted by molar-refractivity contribution is -0.167. The maximum absolute atomic E-state index is 12.9. The van der Waals surface area contributed by atoms with Gasteiger partial charge in [0, 0.05) is 19.3 Å². The molecule has 1 atom stereocenters. The summed E-state index contributed by atoms with van der Waals surface area (Å²) >= 11 is 0. The normalized spacial score (nSPS) is 13.0. The highest BCUT2D eigenvalue weighted by atomic mass is 16.6. The topological polar surface area (TPSA) is 78.9 Å². The zero-order valence-corrected chi connectivity index (χ0v) is 49.2. The van der Waals surface area contributed by atoms with Crippen molar-refractivity contribution in [1.82, 2.24) is 0 Å². The summed E-state index contributed by atoms with van der Waals surface area (Å²) < 4.78 is 16.8. The maximum atomic E-state index is 12.9. The molecule has 0 bridgehead atoms. The molecule has 430 valence electrons. The van der Waals surface area contributed by atoms with Crippen molar-refractivity contribution in [3.63, 3.8) is 0 Å². The molecule has 0 aromatic heterocycles. The molecule has 6 nitrogen and oxygen atoms in total. The van der Waals surface area contributed by atoms with Crippen LogP contribution in [0.1, 0.15) is 271 Å². The van der Waals surface area contributed by atoms with Gasteiger partial charge in [-0.1, -0.05) is 270 Å². The van der Waals surface area contributed by atoms with Crippen LogP contribution in [0.5, 0.6) is 0 Å². The molecule has 0 aliphatic rings. The molecule has 6 heteroatoms. The molecule has 0 saturated heterocycles. The molecule has 0 aromatic rings. The van der Waals surface area contributed by atoms with Crippen molar-refractivity contribution in [2.75, 3.05) is 13.2 Å². The summed E-state index contributed by atoms with van der Waals surface area (Å²) in [6, 6.07) is 0. The van der Waals surface area contributed by atoms with Gasteiger partial charge in [-0.2, -0.15) is 0 Å². The van der Waals surface area contributed by atoms with Gasteiger partial charge < -0.3 is 14.2 Å². The van der Waals surface area contributed by atoms with E-state index in [1.807, 2.05) is 0 Å². The van der Waals surface area contributed by atoms with Gasteiger partial charge in [-0.25, -0.2) is 0 Å². The van der Waals surface area contributed by atoms with Crippen LogP contribution in [0.15, 0.2) is 134 Å². The molecule has 0 spiro atoms. The Hall–Kier alpha value is -4.45. The minimum atomic E-state index is -0.796. The summed E-state index contributed by atoms with van der Waals surface area (Å²) in [5, 5.41) is 0. The van der Waals surface area contributed by atoms with Gasteiger partial charge in [-0.3, -0.25) is 14.4 Å². The number of allylic oxidation sites excluding steroid dienone is 22. The van der Waals surface area contributed by atoms with Crippen molar-refractivity contribution in [3.8, 4) is 0 Å². The van der Waals surface area contributed by atoms with Crippen LogP contribution in [0.2, 0.25) is 0 Å². The fraction of sp³-hybridized carbons (Fsp3) is 0.643. The number of hydrogen-bond donors (Lipinski definition) is 0. The summed E-state index contributed by atoms with van der Waals surface area (Å²) in [6.07, 6.45) is 89.0.